The summed E-state index contributed by atoms with van der Waals surface area (Å²) >= 11 is 0. The van der Waals surface area contributed by atoms with E-state index in [4.69, 9.17) is 4.74 Å². The van der Waals surface area contributed by atoms with Crippen LogP contribution in [-0.2, 0) is 10.0 Å². The second kappa shape index (κ2) is 8.20. The van der Waals surface area contributed by atoms with Gasteiger partial charge in [0.25, 0.3) is 0 Å². The van der Waals surface area contributed by atoms with Gasteiger partial charge < -0.3 is 4.74 Å². The van der Waals surface area contributed by atoms with Crippen molar-refractivity contribution < 1.29 is 13.2 Å². The van der Waals surface area contributed by atoms with E-state index in [9.17, 15) is 8.42 Å². The quantitative estimate of drug-likeness (QED) is 0.809. The third kappa shape index (κ3) is 4.26. The summed E-state index contributed by atoms with van der Waals surface area (Å²) in [6.07, 6.45) is 2.27. The van der Waals surface area contributed by atoms with Crippen molar-refractivity contribution >= 4 is 10.0 Å². The summed E-state index contributed by atoms with van der Waals surface area (Å²) in [4.78, 5) is 2.62. The number of hydrogen-bond acceptors (Lipinski definition) is 4. The van der Waals surface area contributed by atoms with Crippen molar-refractivity contribution in [1.82, 2.24) is 9.62 Å². The van der Waals surface area contributed by atoms with Crippen LogP contribution in [0, 0.1) is 6.92 Å². The fourth-order valence-corrected chi connectivity index (χ4v) is 4.46. The molecule has 2 aromatic carbocycles. The first-order valence-corrected chi connectivity index (χ1v) is 10.4. The summed E-state index contributed by atoms with van der Waals surface area (Å²) in [5.74, 6) is 0.791. The lowest BCUT2D eigenvalue weighted by molar-refractivity contribution is 0.240. The van der Waals surface area contributed by atoms with Crippen molar-refractivity contribution in [2.24, 2.45) is 0 Å². The van der Waals surface area contributed by atoms with Crippen LogP contribution in [0.25, 0.3) is 0 Å². The van der Waals surface area contributed by atoms with Crippen molar-refractivity contribution in [3.05, 3.63) is 59.7 Å². The molecule has 1 saturated heterocycles. The highest BCUT2D eigenvalue weighted by atomic mass is 32.2. The second-order valence-electron chi connectivity index (χ2n) is 6.67. The maximum atomic E-state index is 12.7. The van der Waals surface area contributed by atoms with Crippen molar-refractivity contribution in [3.63, 3.8) is 0 Å². The van der Waals surface area contributed by atoms with E-state index < -0.39 is 10.0 Å². The fourth-order valence-electron chi connectivity index (χ4n) is 3.42. The molecule has 0 unspecified atom stereocenters. The molecule has 140 valence electrons. The molecule has 3 rings (SSSR count). The van der Waals surface area contributed by atoms with E-state index in [-0.39, 0.29) is 6.04 Å². The molecule has 6 heteroatoms. The van der Waals surface area contributed by atoms with E-state index in [1.807, 2.05) is 43.3 Å². The van der Waals surface area contributed by atoms with Crippen LogP contribution in [0.4, 0.5) is 0 Å². The highest BCUT2D eigenvalue weighted by Gasteiger charge is 2.27. The lowest BCUT2D eigenvalue weighted by Crippen LogP contribution is -2.37. The molecule has 1 fully saturated rings. The molecule has 0 saturated carbocycles. The lowest BCUT2D eigenvalue weighted by Gasteiger charge is -2.29. The van der Waals surface area contributed by atoms with Crippen molar-refractivity contribution in [3.8, 4) is 5.75 Å². The molecule has 5 nitrogen and oxygen atoms in total. The standard InChI is InChI=1S/C20H26N2O3S/c1-16-9-11-17(12-10-16)26(23,24)21-15-19(22-13-5-6-14-22)18-7-3-4-8-20(18)25-2/h3-4,7-12,19,21H,5-6,13-15H2,1-2H3/t19-/m1/s1. The molecule has 26 heavy (non-hydrogen) atoms. The van der Waals surface area contributed by atoms with Gasteiger partial charge in [0, 0.05) is 12.1 Å². The van der Waals surface area contributed by atoms with Gasteiger partial charge in [-0.3, -0.25) is 4.90 Å². The molecular formula is C20H26N2O3S. The summed E-state index contributed by atoms with van der Waals surface area (Å²) in [5, 5.41) is 0. The third-order valence-electron chi connectivity index (χ3n) is 4.88. The Balaban J connectivity index is 1.83. The Morgan fingerprint density at radius 3 is 2.38 bits per heavy atom. The van der Waals surface area contributed by atoms with E-state index in [0.717, 1.165) is 42.8 Å². The summed E-state index contributed by atoms with van der Waals surface area (Å²) in [7, 11) is -1.90. The molecule has 0 radical (unpaired) electrons. The number of rotatable bonds is 7. The number of aryl methyl sites for hydroxylation is 1. The molecule has 1 aliphatic rings. The zero-order valence-corrected chi connectivity index (χ0v) is 16.1. The lowest BCUT2D eigenvalue weighted by atomic mass is 10.0. The molecule has 0 aliphatic carbocycles. The monoisotopic (exact) mass is 374 g/mol. The normalized spacial score (nSPS) is 16.5. The zero-order chi connectivity index (χ0) is 18.6. The number of nitrogens with one attached hydrogen (secondary N) is 1. The van der Waals surface area contributed by atoms with Gasteiger partial charge in [-0.25, -0.2) is 13.1 Å². The van der Waals surface area contributed by atoms with Gasteiger partial charge in [-0.15, -0.1) is 0 Å². The Hall–Kier alpha value is -1.89. The third-order valence-corrected chi connectivity index (χ3v) is 6.32. The molecule has 0 amide bonds. The highest BCUT2D eigenvalue weighted by molar-refractivity contribution is 7.89. The molecular weight excluding hydrogens is 348 g/mol. The topological polar surface area (TPSA) is 58.6 Å². The van der Waals surface area contributed by atoms with E-state index in [0.29, 0.717) is 11.4 Å². The molecule has 0 spiro atoms. The van der Waals surface area contributed by atoms with Gasteiger partial charge in [0.05, 0.1) is 18.0 Å². The van der Waals surface area contributed by atoms with E-state index in [2.05, 4.69) is 9.62 Å². The van der Waals surface area contributed by atoms with E-state index in [1.54, 1.807) is 19.2 Å². The average molecular weight is 375 g/mol. The molecule has 1 atom stereocenters. The van der Waals surface area contributed by atoms with Gasteiger partial charge in [0.15, 0.2) is 0 Å². The van der Waals surface area contributed by atoms with Gasteiger partial charge >= 0.3 is 0 Å². The summed E-state index contributed by atoms with van der Waals surface area (Å²) in [6, 6.07) is 14.7. The Labute approximate surface area is 156 Å². The van der Waals surface area contributed by atoms with Crippen LogP contribution in [0.1, 0.15) is 30.0 Å². The number of nitrogens with zero attached hydrogens (tertiary/aromatic N) is 1. The maximum absolute atomic E-state index is 12.7. The first-order valence-electron chi connectivity index (χ1n) is 8.94. The zero-order valence-electron chi connectivity index (χ0n) is 15.3. The van der Waals surface area contributed by atoms with Gasteiger partial charge in [-0.1, -0.05) is 35.9 Å². The SMILES string of the molecule is COc1ccccc1[C@@H](CNS(=O)(=O)c1ccc(C)cc1)N1CCCC1. The smallest absolute Gasteiger partial charge is 0.240 e. The Morgan fingerprint density at radius 2 is 1.73 bits per heavy atom. The summed E-state index contributed by atoms with van der Waals surface area (Å²) in [5.41, 5.74) is 2.05. The molecule has 2 aromatic rings. The second-order valence-corrected chi connectivity index (χ2v) is 8.43. The first-order chi connectivity index (χ1) is 12.5. The summed E-state index contributed by atoms with van der Waals surface area (Å²) in [6.45, 7) is 4.19. The van der Waals surface area contributed by atoms with Crippen molar-refractivity contribution in [2.75, 3.05) is 26.7 Å². The van der Waals surface area contributed by atoms with Gasteiger partial charge in [0.2, 0.25) is 10.0 Å². The maximum Gasteiger partial charge on any atom is 0.240 e. The van der Waals surface area contributed by atoms with Crippen molar-refractivity contribution in [2.45, 2.75) is 30.7 Å². The van der Waals surface area contributed by atoms with Gasteiger partial charge in [0.1, 0.15) is 5.75 Å². The summed E-state index contributed by atoms with van der Waals surface area (Å²) < 4.78 is 33.7. The minimum absolute atomic E-state index is 0.0473. The number of benzene rings is 2. The molecule has 1 heterocycles. The largest absolute Gasteiger partial charge is 0.496 e. The Morgan fingerprint density at radius 1 is 1.08 bits per heavy atom. The Kier molecular flexibility index (Phi) is 5.96. The number of hydrogen-bond donors (Lipinski definition) is 1. The van der Waals surface area contributed by atoms with E-state index >= 15 is 0 Å². The number of methoxy groups -OCH3 is 1. The molecule has 0 bridgehead atoms. The molecule has 1 aliphatic heterocycles. The van der Waals surface area contributed by atoms with Gasteiger partial charge in [-0.05, 0) is 51.1 Å². The molecule has 1 N–H and O–H groups in total. The van der Waals surface area contributed by atoms with E-state index in [1.165, 1.54) is 0 Å². The van der Waals surface area contributed by atoms with Crippen LogP contribution < -0.4 is 9.46 Å². The number of likely N-dealkylation sites (tertiary alicyclic amines) is 1. The predicted molar refractivity (Wildman–Crippen MR) is 103 cm³/mol. The van der Waals surface area contributed by atoms with Crippen LogP contribution in [0.3, 0.4) is 0 Å². The number of para-hydroxylation sites is 1. The van der Waals surface area contributed by atoms with Crippen LogP contribution >= 0.6 is 0 Å². The molecule has 0 aromatic heterocycles. The Bertz CT molecular complexity index is 828. The first kappa shape index (κ1) is 18.9. The highest BCUT2D eigenvalue weighted by Crippen LogP contribution is 2.31. The van der Waals surface area contributed by atoms with Crippen molar-refractivity contribution in [1.29, 1.82) is 0 Å². The minimum Gasteiger partial charge on any atom is -0.496 e. The predicted octanol–water partition coefficient (Wildman–Crippen LogP) is 3.12. The van der Waals surface area contributed by atoms with Crippen LogP contribution in [-0.4, -0.2) is 40.1 Å². The minimum atomic E-state index is -3.55. The average Bonchev–Trinajstić information content (AvgIpc) is 3.17. The van der Waals surface area contributed by atoms with Crippen LogP contribution in [0.15, 0.2) is 53.4 Å². The number of ether oxygens (including phenoxy) is 1. The van der Waals surface area contributed by atoms with Crippen LogP contribution in [0.2, 0.25) is 0 Å². The number of sulfonamides is 1. The van der Waals surface area contributed by atoms with Gasteiger partial charge in [-0.2, -0.15) is 0 Å². The fraction of sp³-hybridized carbons (Fsp3) is 0.400. The van der Waals surface area contributed by atoms with Crippen LogP contribution in [0.5, 0.6) is 5.75 Å².